The van der Waals surface area contributed by atoms with E-state index in [1.165, 1.54) is 24.8 Å². The van der Waals surface area contributed by atoms with E-state index < -0.39 is 0 Å². The van der Waals surface area contributed by atoms with Crippen LogP contribution in [0.25, 0.3) is 0 Å². The van der Waals surface area contributed by atoms with Gasteiger partial charge in [0.05, 0.1) is 105 Å². The molecule has 1 saturated heterocycles. The molecule has 308 valence electrons. The van der Waals surface area contributed by atoms with Gasteiger partial charge < -0.3 is 53.0 Å². The van der Waals surface area contributed by atoms with Gasteiger partial charge in [-0.3, -0.25) is 9.69 Å². The molecule has 54 heavy (non-hydrogen) atoms. The summed E-state index contributed by atoms with van der Waals surface area (Å²) >= 11 is 0. The molecule has 4 rings (SSSR count). The Balaban J connectivity index is 0.996. The van der Waals surface area contributed by atoms with Crippen molar-refractivity contribution in [2.75, 3.05) is 146 Å². The van der Waals surface area contributed by atoms with Crippen LogP contribution in [-0.4, -0.2) is 179 Å². The van der Waals surface area contributed by atoms with E-state index in [0.29, 0.717) is 118 Å². The fourth-order valence-corrected chi connectivity index (χ4v) is 7.57. The standard InChI is InChI=1S/C40H68N4O10/c1-42(2)40(36-10-5-4-6-11-36)14-12-39(13-15-40)34-43(38(46)44(39)32-35-8-7-9-35)33-37(45)41-16-17-48-20-21-50-24-25-52-28-29-54-31-30-53-27-26-51-23-22-49-19-18-47-3/h4-6,10-11,35H,7-9,12-34H2,1-3H3,(H,41,45)/t39-,40-. The van der Waals surface area contributed by atoms with E-state index in [1.807, 2.05) is 0 Å². The molecule has 1 aromatic carbocycles. The molecule has 14 heteroatoms. The third-order valence-electron chi connectivity index (χ3n) is 11.0. The second kappa shape index (κ2) is 25.0. The molecule has 14 nitrogen and oxygen atoms in total. The molecular weight excluding hydrogens is 696 g/mol. The topological polar surface area (TPSA) is 130 Å². The van der Waals surface area contributed by atoms with Crippen molar-refractivity contribution < 1.29 is 47.5 Å². The number of carbonyl (C=O) groups is 2. The number of hydrogen-bond acceptors (Lipinski definition) is 11. The lowest BCUT2D eigenvalue weighted by atomic mass is 9.68. The van der Waals surface area contributed by atoms with Crippen LogP contribution in [0.5, 0.6) is 0 Å². The number of methoxy groups -OCH3 is 1. The molecule has 0 atom stereocenters. The van der Waals surface area contributed by atoms with Crippen LogP contribution in [0.4, 0.5) is 4.79 Å². The van der Waals surface area contributed by atoms with Crippen molar-refractivity contribution in [2.24, 2.45) is 5.92 Å². The van der Waals surface area contributed by atoms with E-state index in [1.54, 1.807) is 12.0 Å². The van der Waals surface area contributed by atoms with E-state index in [2.05, 4.69) is 59.5 Å². The van der Waals surface area contributed by atoms with E-state index in [-0.39, 0.29) is 29.6 Å². The van der Waals surface area contributed by atoms with Gasteiger partial charge in [0.25, 0.3) is 0 Å². The Morgan fingerprint density at radius 2 is 1.20 bits per heavy atom. The minimum Gasteiger partial charge on any atom is -0.382 e. The van der Waals surface area contributed by atoms with E-state index >= 15 is 0 Å². The minimum atomic E-state index is -0.226. The number of amides is 3. The minimum absolute atomic E-state index is 0.0124. The lowest BCUT2D eigenvalue weighted by molar-refractivity contribution is -0.121. The maximum absolute atomic E-state index is 13.8. The summed E-state index contributed by atoms with van der Waals surface area (Å²) in [4.78, 5) is 33.1. The van der Waals surface area contributed by atoms with Crippen LogP contribution in [0, 0.1) is 5.92 Å². The molecule has 0 radical (unpaired) electrons. The predicted octanol–water partition coefficient (Wildman–Crippen LogP) is 3.17. The molecule has 0 unspecified atom stereocenters. The highest BCUT2D eigenvalue weighted by Gasteiger charge is 2.55. The van der Waals surface area contributed by atoms with Crippen molar-refractivity contribution in [2.45, 2.75) is 56.0 Å². The Kier molecular flexibility index (Phi) is 20.5. The average Bonchev–Trinajstić information content (AvgIpc) is 3.40. The third kappa shape index (κ3) is 14.3. The molecule has 3 aliphatic rings. The summed E-state index contributed by atoms with van der Waals surface area (Å²) in [5.74, 6) is 0.417. The fourth-order valence-electron chi connectivity index (χ4n) is 7.57. The zero-order valence-electron chi connectivity index (χ0n) is 33.3. The van der Waals surface area contributed by atoms with Gasteiger partial charge in [-0.2, -0.15) is 0 Å². The summed E-state index contributed by atoms with van der Waals surface area (Å²) in [6, 6.07) is 10.8. The molecular formula is C40H68N4O10. The summed E-state index contributed by atoms with van der Waals surface area (Å²) in [7, 11) is 5.98. The van der Waals surface area contributed by atoms with Gasteiger partial charge in [0.2, 0.25) is 5.91 Å². The van der Waals surface area contributed by atoms with Crippen LogP contribution in [-0.2, 0) is 48.2 Å². The van der Waals surface area contributed by atoms with Gasteiger partial charge in [-0.15, -0.1) is 0 Å². The first-order chi connectivity index (χ1) is 26.4. The summed E-state index contributed by atoms with van der Waals surface area (Å²) < 4.78 is 43.3. The van der Waals surface area contributed by atoms with Gasteiger partial charge >= 0.3 is 6.03 Å². The molecule has 2 saturated carbocycles. The van der Waals surface area contributed by atoms with Crippen LogP contribution >= 0.6 is 0 Å². The smallest absolute Gasteiger partial charge is 0.321 e. The molecule has 1 heterocycles. The van der Waals surface area contributed by atoms with E-state index in [0.717, 1.165) is 32.2 Å². The van der Waals surface area contributed by atoms with Crippen molar-refractivity contribution in [3.8, 4) is 0 Å². The molecule has 3 fully saturated rings. The van der Waals surface area contributed by atoms with Crippen molar-refractivity contribution in [3.05, 3.63) is 35.9 Å². The zero-order valence-corrected chi connectivity index (χ0v) is 33.3. The highest BCUT2D eigenvalue weighted by molar-refractivity contribution is 5.86. The van der Waals surface area contributed by atoms with Gasteiger partial charge in [-0.05, 0) is 64.1 Å². The summed E-state index contributed by atoms with van der Waals surface area (Å²) in [6.45, 7) is 9.31. The number of hydrogen-bond donors (Lipinski definition) is 1. The van der Waals surface area contributed by atoms with Crippen LogP contribution in [0.15, 0.2) is 30.3 Å². The number of carbonyl (C=O) groups excluding carboxylic acids is 2. The summed E-state index contributed by atoms with van der Waals surface area (Å²) in [5, 5.41) is 2.94. The zero-order chi connectivity index (χ0) is 38.3. The maximum Gasteiger partial charge on any atom is 0.321 e. The number of urea groups is 1. The quantitative estimate of drug-likeness (QED) is 0.116. The predicted molar refractivity (Wildman–Crippen MR) is 205 cm³/mol. The monoisotopic (exact) mass is 764 g/mol. The second-order valence-electron chi connectivity index (χ2n) is 14.7. The third-order valence-corrected chi connectivity index (χ3v) is 11.0. The number of benzene rings is 1. The first-order valence-electron chi connectivity index (χ1n) is 20.0. The van der Waals surface area contributed by atoms with Crippen molar-refractivity contribution >= 4 is 11.9 Å². The summed E-state index contributed by atoms with van der Waals surface area (Å²) in [6.07, 6.45) is 7.41. The fraction of sp³-hybridized carbons (Fsp3) is 0.800. The van der Waals surface area contributed by atoms with Crippen molar-refractivity contribution in [1.82, 2.24) is 20.0 Å². The molecule has 3 amide bonds. The Morgan fingerprint density at radius 1 is 0.722 bits per heavy atom. The Bertz CT molecular complexity index is 1170. The maximum atomic E-state index is 13.8. The largest absolute Gasteiger partial charge is 0.382 e. The average molecular weight is 765 g/mol. The van der Waals surface area contributed by atoms with Gasteiger partial charge in [0, 0.05) is 32.3 Å². The molecule has 0 bridgehead atoms. The number of nitrogens with zero attached hydrogens (tertiary/aromatic N) is 3. The molecule has 1 spiro atoms. The molecule has 0 aromatic heterocycles. The highest BCUT2D eigenvalue weighted by Crippen LogP contribution is 2.49. The highest BCUT2D eigenvalue weighted by atomic mass is 16.6. The van der Waals surface area contributed by atoms with Crippen LogP contribution in [0.3, 0.4) is 0 Å². The van der Waals surface area contributed by atoms with Gasteiger partial charge in [-0.25, -0.2) is 4.79 Å². The normalized spacial score (nSPS) is 21.7. The number of ether oxygens (including phenoxy) is 8. The number of nitrogens with one attached hydrogen (secondary N) is 1. The lowest BCUT2D eigenvalue weighted by Gasteiger charge is -2.51. The molecule has 1 aliphatic heterocycles. The number of rotatable bonds is 30. The first-order valence-corrected chi connectivity index (χ1v) is 20.0. The van der Waals surface area contributed by atoms with Gasteiger partial charge in [0.1, 0.15) is 6.54 Å². The van der Waals surface area contributed by atoms with Gasteiger partial charge in [0.15, 0.2) is 0 Å². The van der Waals surface area contributed by atoms with E-state index in [9.17, 15) is 9.59 Å². The Labute approximate surface area is 323 Å². The van der Waals surface area contributed by atoms with Crippen LogP contribution < -0.4 is 5.32 Å². The Hall–Kier alpha value is -2.40. The second-order valence-corrected chi connectivity index (χ2v) is 14.7. The molecule has 1 aromatic rings. The first kappa shape index (κ1) is 44.3. The molecule has 1 N–H and O–H groups in total. The van der Waals surface area contributed by atoms with Crippen molar-refractivity contribution in [3.63, 3.8) is 0 Å². The van der Waals surface area contributed by atoms with Crippen LogP contribution in [0.2, 0.25) is 0 Å². The Morgan fingerprint density at radius 3 is 1.65 bits per heavy atom. The molecule has 2 aliphatic carbocycles. The van der Waals surface area contributed by atoms with Crippen LogP contribution in [0.1, 0.15) is 50.5 Å². The summed E-state index contributed by atoms with van der Waals surface area (Å²) in [5.41, 5.74) is 1.06. The lowest BCUT2D eigenvalue weighted by Crippen LogP contribution is -2.56. The van der Waals surface area contributed by atoms with Crippen molar-refractivity contribution in [1.29, 1.82) is 0 Å². The SMILES string of the molecule is COCCOCCOCCOCCOCCOCCOCCOCCNC(=O)CN1C[C@]2(CC[C@@](c3ccccc3)(N(C)C)CC2)N(CC2CCC2)C1=O. The van der Waals surface area contributed by atoms with Gasteiger partial charge in [-0.1, -0.05) is 36.8 Å². The van der Waals surface area contributed by atoms with E-state index in [4.69, 9.17) is 37.9 Å².